The summed E-state index contributed by atoms with van der Waals surface area (Å²) in [6.45, 7) is 0.388. The second-order valence-electron chi connectivity index (χ2n) is 8.31. The predicted octanol–water partition coefficient (Wildman–Crippen LogP) is 3.88. The number of hydrogen-bond acceptors (Lipinski definition) is 4. The van der Waals surface area contributed by atoms with Crippen LogP contribution in [0, 0.1) is 5.82 Å². The first kappa shape index (κ1) is 20.1. The zero-order valence-electron chi connectivity index (χ0n) is 17.8. The number of nitrogens with zero attached hydrogens (tertiary/aromatic N) is 1. The number of carboxylic acids is 1. The van der Waals surface area contributed by atoms with Crippen molar-refractivity contribution in [3.05, 3.63) is 81.8 Å². The molecule has 6 rings (SSSR count). The molecule has 0 radical (unpaired) electrons. The van der Waals surface area contributed by atoms with Crippen molar-refractivity contribution in [2.45, 2.75) is 13.0 Å². The van der Waals surface area contributed by atoms with Gasteiger partial charge in [-0.2, -0.15) is 0 Å². The first-order valence-corrected chi connectivity index (χ1v) is 10.7. The number of anilines is 1. The Bertz CT molecular complexity index is 1700. The fraction of sp³-hybridized carbons (Fsp3) is 0.120. The Hall–Kier alpha value is -4.53. The molecule has 0 bridgehead atoms. The summed E-state index contributed by atoms with van der Waals surface area (Å²) in [6.07, 6.45) is 3.75. The van der Waals surface area contributed by atoms with Crippen LogP contribution in [0.25, 0.3) is 32.9 Å². The molecule has 0 amide bonds. The first-order chi connectivity index (χ1) is 16.4. The lowest BCUT2D eigenvalue weighted by molar-refractivity contribution is 0.0687. The average Bonchev–Trinajstić information content (AvgIpc) is 3.51. The van der Waals surface area contributed by atoms with E-state index in [9.17, 15) is 14.7 Å². The SMILES string of the molecule is Nc1c[nH]c2cc(F)c(Cn3c(C(=O)O)c(-c4ccc[nH]c4=O)c4c5c(ccc43)CCO5)cc12. The van der Waals surface area contributed by atoms with Crippen LogP contribution in [0.5, 0.6) is 5.75 Å². The second kappa shape index (κ2) is 7.24. The number of rotatable bonds is 4. The molecule has 34 heavy (non-hydrogen) atoms. The summed E-state index contributed by atoms with van der Waals surface area (Å²) < 4.78 is 22.5. The van der Waals surface area contributed by atoms with Gasteiger partial charge >= 0.3 is 5.97 Å². The molecule has 5 aromatic rings. The summed E-state index contributed by atoms with van der Waals surface area (Å²) in [5.41, 5.74) is 8.70. The maximum Gasteiger partial charge on any atom is 0.353 e. The number of aromatic nitrogens is 3. The minimum atomic E-state index is -1.23. The maximum atomic E-state index is 15.1. The van der Waals surface area contributed by atoms with E-state index in [2.05, 4.69) is 9.97 Å². The molecule has 2 aromatic carbocycles. The summed E-state index contributed by atoms with van der Waals surface area (Å²) in [5, 5.41) is 11.5. The Morgan fingerprint density at radius 3 is 2.88 bits per heavy atom. The van der Waals surface area contributed by atoms with E-state index < -0.39 is 17.3 Å². The van der Waals surface area contributed by atoms with Crippen molar-refractivity contribution in [3.63, 3.8) is 0 Å². The topological polar surface area (TPSA) is 126 Å². The maximum absolute atomic E-state index is 15.1. The van der Waals surface area contributed by atoms with Crippen LogP contribution in [0.2, 0.25) is 0 Å². The van der Waals surface area contributed by atoms with Crippen LogP contribution >= 0.6 is 0 Å². The number of nitrogen functional groups attached to an aromatic ring is 1. The number of aromatic carboxylic acids is 1. The summed E-state index contributed by atoms with van der Waals surface area (Å²) in [7, 11) is 0. The van der Waals surface area contributed by atoms with Crippen molar-refractivity contribution >= 4 is 33.5 Å². The van der Waals surface area contributed by atoms with Crippen LogP contribution in [0.3, 0.4) is 0 Å². The minimum Gasteiger partial charge on any atom is -0.492 e. The zero-order chi connectivity index (χ0) is 23.6. The molecule has 0 saturated carbocycles. The molecule has 170 valence electrons. The van der Waals surface area contributed by atoms with Gasteiger partial charge in [0.1, 0.15) is 17.3 Å². The highest BCUT2D eigenvalue weighted by Gasteiger charge is 2.30. The van der Waals surface area contributed by atoms with Crippen molar-refractivity contribution < 1.29 is 19.0 Å². The van der Waals surface area contributed by atoms with E-state index in [4.69, 9.17) is 10.5 Å². The number of halogens is 1. The van der Waals surface area contributed by atoms with E-state index >= 15 is 4.39 Å². The van der Waals surface area contributed by atoms with Crippen molar-refractivity contribution in [1.29, 1.82) is 0 Å². The Morgan fingerprint density at radius 1 is 1.24 bits per heavy atom. The Labute approximate surface area is 191 Å². The van der Waals surface area contributed by atoms with E-state index in [-0.39, 0.29) is 28.9 Å². The van der Waals surface area contributed by atoms with E-state index in [0.717, 1.165) is 5.56 Å². The third kappa shape index (κ3) is 2.83. The van der Waals surface area contributed by atoms with Crippen LogP contribution < -0.4 is 16.0 Å². The van der Waals surface area contributed by atoms with E-state index in [1.54, 1.807) is 30.5 Å². The first-order valence-electron chi connectivity index (χ1n) is 10.7. The summed E-state index contributed by atoms with van der Waals surface area (Å²) in [6, 6.07) is 9.86. The summed E-state index contributed by atoms with van der Waals surface area (Å²) in [5.74, 6) is -1.17. The quantitative estimate of drug-likeness (QED) is 0.325. The number of carboxylic acid groups (broad SMARTS) is 1. The summed E-state index contributed by atoms with van der Waals surface area (Å²) >= 11 is 0. The molecule has 3 aromatic heterocycles. The minimum absolute atomic E-state index is 0.0753. The second-order valence-corrected chi connectivity index (χ2v) is 8.31. The molecule has 0 atom stereocenters. The smallest absolute Gasteiger partial charge is 0.353 e. The largest absolute Gasteiger partial charge is 0.492 e. The molecule has 0 aliphatic carbocycles. The number of aromatic amines is 2. The van der Waals surface area contributed by atoms with Gasteiger partial charge in [0.05, 0.1) is 40.8 Å². The van der Waals surface area contributed by atoms with Gasteiger partial charge in [-0.15, -0.1) is 0 Å². The van der Waals surface area contributed by atoms with Crippen LogP contribution in [0.1, 0.15) is 21.6 Å². The normalized spacial score (nSPS) is 12.9. The lowest BCUT2D eigenvalue weighted by Gasteiger charge is -2.11. The van der Waals surface area contributed by atoms with E-state index in [1.165, 1.54) is 16.8 Å². The fourth-order valence-electron chi connectivity index (χ4n) is 4.85. The molecule has 0 spiro atoms. The molecule has 1 aliphatic rings. The number of carbonyl (C=O) groups is 1. The molecular formula is C25H19FN4O4. The van der Waals surface area contributed by atoms with Crippen molar-refractivity contribution in [2.75, 3.05) is 12.3 Å². The third-order valence-corrected chi connectivity index (χ3v) is 6.38. The number of ether oxygens (including phenoxy) is 1. The number of nitrogens with one attached hydrogen (secondary N) is 2. The monoisotopic (exact) mass is 458 g/mol. The molecule has 9 heteroatoms. The molecule has 0 unspecified atom stereocenters. The highest BCUT2D eigenvalue weighted by Crippen LogP contribution is 2.43. The molecule has 0 fully saturated rings. The van der Waals surface area contributed by atoms with Gasteiger partial charge in [-0.1, -0.05) is 6.07 Å². The Morgan fingerprint density at radius 2 is 2.09 bits per heavy atom. The van der Waals surface area contributed by atoms with Gasteiger partial charge in [-0.3, -0.25) is 4.79 Å². The highest BCUT2D eigenvalue weighted by atomic mass is 19.1. The molecule has 8 nitrogen and oxygen atoms in total. The van der Waals surface area contributed by atoms with Crippen molar-refractivity contribution in [2.24, 2.45) is 0 Å². The van der Waals surface area contributed by atoms with Gasteiger partial charge < -0.3 is 30.1 Å². The number of nitrogens with two attached hydrogens (primary N) is 1. The summed E-state index contributed by atoms with van der Waals surface area (Å²) in [4.78, 5) is 30.9. The van der Waals surface area contributed by atoms with E-state index in [1.807, 2.05) is 6.07 Å². The van der Waals surface area contributed by atoms with Gasteiger partial charge in [-0.25, -0.2) is 9.18 Å². The third-order valence-electron chi connectivity index (χ3n) is 6.38. The molecule has 5 N–H and O–H groups in total. The number of pyridine rings is 1. The molecule has 4 heterocycles. The Balaban J connectivity index is 1.69. The van der Waals surface area contributed by atoms with Gasteiger partial charge in [0.25, 0.3) is 5.56 Å². The number of benzene rings is 2. The van der Waals surface area contributed by atoms with Crippen LogP contribution in [-0.4, -0.2) is 32.2 Å². The van der Waals surface area contributed by atoms with Crippen LogP contribution in [-0.2, 0) is 13.0 Å². The average molecular weight is 458 g/mol. The van der Waals surface area contributed by atoms with Gasteiger partial charge in [0, 0.05) is 35.3 Å². The van der Waals surface area contributed by atoms with E-state index in [0.29, 0.717) is 46.3 Å². The predicted molar refractivity (Wildman–Crippen MR) is 126 cm³/mol. The molecule has 0 saturated heterocycles. The van der Waals surface area contributed by atoms with Crippen LogP contribution in [0.15, 0.2) is 53.6 Å². The van der Waals surface area contributed by atoms with Gasteiger partial charge in [-0.05, 0) is 35.9 Å². The number of hydrogen-bond donors (Lipinski definition) is 4. The zero-order valence-corrected chi connectivity index (χ0v) is 17.8. The lowest BCUT2D eigenvalue weighted by atomic mass is 10.0. The van der Waals surface area contributed by atoms with Crippen molar-refractivity contribution in [1.82, 2.24) is 14.5 Å². The standard InChI is InChI=1S/C25H19FN4O4/c26-16-9-18-15(17(27)10-29-18)8-13(16)11-30-19-4-3-12-5-7-34-23(12)21(19)20(22(30)25(32)33)14-2-1-6-28-24(14)31/h1-4,6,8-10,29H,5,7,11,27H2,(H,28,31)(H,32,33). The number of fused-ring (bicyclic) bond motifs is 4. The highest BCUT2D eigenvalue weighted by molar-refractivity contribution is 6.11. The number of H-pyrrole nitrogens is 2. The van der Waals surface area contributed by atoms with Gasteiger partial charge in [0.15, 0.2) is 0 Å². The lowest BCUT2D eigenvalue weighted by Crippen LogP contribution is -2.14. The fourth-order valence-corrected chi connectivity index (χ4v) is 4.85. The van der Waals surface area contributed by atoms with Crippen LogP contribution in [0.4, 0.5) is 10.1 Å². The van der Waals surface area contributed by atoms with Crippen molar-refractivity contribution in [3.8, 4) is 16.9 Å². The molecule has 1 aliphatic heterocycles. The van der Waals surface area contributed by atoms with Gasteiger partial charge in [0.2, 0.25) is 0 Å². The molecular weight excluding hydrogens is 439 g/mol. The Kier molecular flexibility index (Phi) is 4.28.